The van der Waals surface area contributed by atoms with Crippen LogP contribution in [0.5, 0.6) is 17.2 Å². The van der Waals surface area contributed by atoms with Gasteiger partial charge in [-0.25, -0.2) is 4.99 Å². The second-order valence-electron chi connectivity index (χ2n) is 18.0. The number of benzene rings is 2. The van der Waals surface area contributed by atoms with Gasteiger partial charge in [0.15, 0.2) is 5.75 Å². The monoisotopic (exact) mass is 846 g/mol. The van der Waals surface area contributed by atoms with Gasteiger partial charge in [-0.2, -0.15) is 0 Å². The fourth-order valence-corrected chi connectivity index (χ4v) is 9.24. The number of rotatable bonds is 4. The Balaban J connectivity index is 1.55. The number of carbonyl (C=O) groups is 3. The normalized spacial score (nSPS) is 32.7. The van der Waals surface area contributed by atoms with E-state index in [9.17, 15) is 34.8 Å². The van der Waals surface area contributed by atoms with Crippen molar-refractivity contribution in [3.63, 3.8) is 0 Å². The summed E-state index contributed by atoms with van der Waals surface area (Å²) in [5.41, 5.74) is -0.111. The van der Waals surface area contributed by atoms with Gasteiger partial charge in [0.1, 0.15) is 34.0 Å². The van der Waals surface area contributed by atoms with E-state index in [0.29, 0.717) is 24.4 Å². The third-order valence-corrected chi connectivity index (χ3v) is 12.9. The van der Waals surface area contributed by atoms with Crippen LogP contribution in [0.2, 0.25) is 0 Å². The van der Waals surface area contributed by atoms with Gasteiger partial charge in [0.25, 0.3) is 11.7 Å². The lowest BCUT2D eigenvalue weighted by atomic mass is 9.78. The van der Waals surface area contributed by atoms with Gasteiger partial charge in [-0.05, 0) is 25.8 Å². The average molecular weight is 847 g/mol. The van der Waals surface area contributed by atoms with Crippen molar-refractivity contribution in [2.24, 2.45) is 39.6 Å². The molecule has 4 bridgehead atoms. The average Bonchev–Trinajstić information content (AvgIpc) is 3.71. The van der Waals surface area contributed by atoms with E-state index in [1.807, 2.05) is 0 Å². The second-order valence-corrected chi connectivity index (χ2v) is 18.0. The minimum atomic E-state index is -1.95. The Morgan fingerprint density at radius 2 is 1.66 bits per heavy atom. The number of aromatic hydroxyl groups is 2. The maximum atomic E-state index is 14.7. The van der Waals surface area contributed by atoms with E-state index in [1.165, 1.54) is 27.2 Å². The van der Waals surface area contributed by atoms with Crippen LogP contribution in [0.1, 0.15) is 91.1 Å². The van der Waals surface area contributed by atoms with Gasteiger partial charge >= 0.3 is 11.8 Å². The molecule has 0 unspecified atom stereocenters. The van der Waals surface area contributed by atoms with Crippen LogP contribution in [0, 0.1) is 36.5 Å². The molecule has 2 aromatic rings. The number of likely N-dealkylation sites (tertiary alicyclic amines) is 1. The standard InChI is InChI=1S/C46H62N4O11/c1-22(2)21-50-18-16-46(17-19-50)48-34-31-32-39(54)28(8)42-33(31)43(56)45(10,61-42)59-20-15-30(58-11)25(5)41(60-29(9)51)27(7)38(53)26(6)37(52)23(3)13-12-14-24(4)44(57)47-36(40(32)55)35(34)49-46/h12-15,20,22-23,25-27,30,37-38,41,48,52-55H,16-19,21H2,1-11H3/b13-12+,20-15+,24-14-,47-36?/t23-,25+,26+,27-,30-,37-,38-,41+,45-/m0/s1. The smallest absolute Gasteiger partial charge is 0.312 e. The first kappa shape index (κ1) is 45.7. The molecular weight excluding hydrogens is 785 g/mol. The molecule has 2 aromatic carbocycles. The number of ether oxygens (including phenoxy) is 4. The number of carbonyl (C=O) groups excluding carboxylic acids is 3. The molecule has 1 amide bonds. The summed E-state index contributed by atoms with van der Waals surface area (Å²) < 4.78 is 24.0. The molecule has 4 aliphatic rings. The first-order valence-corrected chi connectivity index (χ1v) is 21.2. The molecule has 1 fully saturated rings. The molecule has 0 saturated carbocycles. The lowest BCUT2D eigenvalue weighted by Crippen LogP contribution is -2.47. The van der Waals surface area contributed by atoms with Crippen molar-refractivity contribution in [2.45, 2.75) is 118 Å². The first-order chi connectivity index (χ1) is 28.6. The van der Waals surface area contributed by atoms with Crippen LogP contribution in [0.25, 0.3) is 10.8 Å². The SMILES string of the molecule is CO[C@H]1/C=C/O[C@@]2(C)Oc3c(C)c(O)c4c(O)c(c5c(c4c3C2=O)NC2(CCN(CC(C)C)CC2)N=5)=NC(=O)/C(C)=C\C=C\[C@H](C)[C@H](O)[C@@H](C)[C@H](O)[C@H](C)[C@H](OC(C)=O)[C@@H]1C. The number of aliphatic hydroxyl groups is 2. The number of anilines is 1. The number of methoxy groups -OCH3 is 1. The number of aliphatic hydroxyl groups excluding tert-OH is 2. The molecule has 4 aliphatic heterocycles. The molecule has 1 saturated heterocycles. The van der Waals surface area contributed by atoms with Crippen LogP contribution < -0.4 is 20.8 Å². The van der Waals surface area contributed by atoms with Crippen molar-refractivity contribution in [1.29, 1.82) is 0 Å². The number of hydrogen-bond acceptors (Lipinski definition) is 14. The number of allylic oxidation sites excluding steroid dienone is 2. The van der Waals surface area contributed by atoms with Crippen molar-refractivity contribution in [3.8, 4) is 17.2 Å². The number of nitrogens with one attached hydrogen (secondary N) is 1. The molecule has 15 nitrogen and oxygen atoms in total. The van der Waals surface area contributed by atoms with Gasteiger partial charge in [0.05, 0.1) is 41.2 Å². The Bertz CT molecular complexity index is 2300. The topological polar surface area (TPSA) is 209 Å². The Morgan fingerprint density at radius 3 is 2.28 bits per heavy atom. The highest BCUT2D eigenvalue weighted by Gasteiger charge is 2.51. The van der Waals surface area contributed by atoms with E-state index in [2.05, 4.69) is 29.1 Å². The van der Waals surface area contributed by atoms with E-state index in [0.717, 1.165) is 19.6 Å². The van der Waals surface area contributed by atoms with Crippen LogP contribution in [0.4, 0.5) is 5.69 Å². The number of ketones is 1. The molecule has 0 aliphatic carbocycles. The van der Waals surface area contributed by atoms with Crippen molar-refractivity contribution >= 4 is 34.1 Å². The van der Waals surface area contributed by atoms with Gasteiger partial charge in [-0.3, -0.25) is 19.4 Å². The van der Waals surface area contributed by atoms with Crippen molar-refractivity contribution in [1.82, 2.24) is 4.90 Å². The predicted octanol–water partition coefficient (Wildman–Crippen LogP) is 4.75. The summed E-state index contributed by atoms with van der Waals surface area (Å²) in [4.78, 5) is 52.9. The maximum Gasteiger partial charge on any atom is 0.312 e. The molecule has 332 valence electrons. The minimum absolute atomic E-state index is 0.0538. The molecule has 4 heterocycles. The van der Waals surface area contributed by atoms with Gasteiger partial charge < -0.3 is 49.6 Å². The maximum absolute atomic E-state index is 14.7. The third-order valence-electron chi connectivity index (χ3n) is 12.9. The number of phenolic OH excluding ortho intramolecular Hbond substituents is 2. The zero-order chi connectivity index (χ0) is 44.9. The number of Topliss-reactive ketones (excluding diaryl/α,β-unsaturated/α-hetero) is 1. The summed E-state index contributed by atoms with van der Waals surface area (Å²) in [5, 5.41) is 50.5. The van der Waals surface area contributed by atoms with Crippen LogP contribution >= 0.6 is 0 Å². The van der Waals surface area contributed by atoms with E-state index >= 15 is 0 Å². The second kappa shape index (κ2) is 17.5. The van der Waals surface area contributed by atoms with E-state index < -0.39 is 82.9 Å². The van der Waals surface area contributed by atoms with Gasteiger partial charge in [0, 0.05) is 93.6 Å². The number of piperidine rings is 1. The highest BCUT2D eigenvalue weighted by Crippen LogP contribution is 2.51. The molecule has 15 heteroatoms. The Morgan fingerprint density at radius 1 is 0.984 bits per heavy atom. The number of nitrogens with zero attached hydrogens (tertiary/aromatic N) is 3. The summed E-state index contributed by atoms with van der Waals surface area (Å²) in [6.07, 6.45) is 5.07. The lowest BCUT2D eigenvalue weighted by Gasteiger charge is -2.38. The molecule has 9 atom stereocenters. The van der Waals surface area contributed by atoms with Crippen LogP contribution in [-0.2, 0) is 23.8 Å². The Hall–Kier alpha value is -4.83. The number of fused-ring (bicyclic) bond motifs is 1. The number of amides is 1. The summed E-state index contributed by atoms with van der Waals surface area (Å²) in [6, 6.07) is 0. The Labute approximate surface area is 356 Å². The van der Waals surface area contributed by atoms with Crippen LogP contribution in [0.3, 0.4) is 0 Å². The summed E-state index contributed by atoms with van der Waals surface area (Å²) in [7, 11) is 1.47. The summed E-state index contributed by atoms with van der Waals surface area (Å²) in [6.45, 7) is 19.6. The fraction of sp³-hybridized carbons (Fsp3) is 0.587. The minimum Gasteiger partial charge on any atom is -0.507 e. The molecule has 5 N–H and O–H groups in total. The molecule has 0 radical (unpaired) electrons. The summed E-state index contributed by atoms with van der Waals surface area (Å²) >= 11 is 0. The van der Waals surface area contributed by atoms with E-state index in [1.54, 1.807) is 65.8 Å². The van der Waals surface area contributed by atoms with Gasteiger partial charge in [-0.1, -0.05) is 59.8 Å². The zero-order valence-corrected chi connectivity index (χ0v) is 37.1. The molecular formula is C46H62N4O11. The van der Waals surface area contributed by atoms with Crippen LogP contribution in [-0.4, -0.2) is 106 Å². The lowest BCUT2D eigenvalue weighted by molar-refractivity contribution is -0.160. The Kier molecular flexibility index (Phi) is 13.1. The molecule has 0 aromatic heterocycles. The fourth-order valence-electron chi connectivity index (χ4n) is 9.24. The molecule has 6 rings (SSSR count). The highest BCUT2D eigenvalue weighted by molar-refractivity contribution is 6.21. The van der Waals surface area contributed by atoms with E-state index in [4.69, 9.17) is 23.9 Å². The third kappa shape index (κ3) is 8.54. The molecule has 1 spiro atoms. The van der Waals surface area contributed by atoms with Crippen molar-refractivity contribution in [3.05, 3.63) is 58.0 Å². The first-order valence-electron chi connectivity index (χ1n) is 21.2. The van der Waals surface area contributed by atoms with Crippen molar-refractivity contribution in [2.75, 3.05) is 32.1 Å². The largest absolute Gasteiger partial charge is 0.507 e. The quantitative estimate of drug-likeness (QED) is 0.208. The highest BCUT2D eigenvalue weighted by atomic mass is 16.7. The molecule has 61 heavy (non-hydrogen) atoms. The predicted molar refractivity (Wildman–Crippen MR) is 228 cm³/mol. The number of hydrogen-bond donors (Lipinski definition) is 5. The zero-order valence-electron chi connectivity index (χ0n) is 37.1. The van der Waals surface area contributed by atoms with Crippen molar-refractivity contribution < 1.29 is 53.8 Å². The number of phenols is 2. The van der Waals surface area contributed by atoms with Crippen LogP contribution in [0.15, 0.2) is 46.1 Å². The van der Waals surface area contributed by atoms with E-state index in [-0.39, 0.29) is 49.7 Å². The number of esters is 1. The van der Waals surface area contributed by atoms with Gasteiger partial charge in [0.2, 0.25) is 0 Å². The van der Waals surface area contributed by atoms with Gasteiger partial charge in [-0.15, -0.1) is 0 Å². The summed E-state index contributed by atoms with van der Waals surface area (Å²) in [5.74, 6) is -6.57.